The molecule has 0 bridgehead atoms. The van der Waals surface area contributed by atoms with Crippen LogP contribution < -0.4 is 10.1 Å². The van der Waals surface area contributed by atoms with Gasteiger partial charge in [-0.1, -0.05) is 0 Å². The summed E-state index contributed by atoms with van der Waals surface area (Å²) in [6.07, 6.45) is 2.68. The second kappa shape index (κ2) is 7.46. The SMILES string of the molecule is CC(C)Oc1cc(Nc2nc3c(cc2F)ncn3[C@@H](C)c2ccc(F)cn2)[nH]n1. The molecule has 8 nitrogen and oxygen atoms in total. The van der Waals surface area contributed by atoms with Crippen LogP contribution in [0, 0.1) is 11.6 Å². The third-order valence-electron chi connectivity index (χ3n) is 4.26. The van der Waals surface area contributed by atoms with Crippen molar-refractivity contribution in [1.29, 1.82) is 0 Å². The van der Waals surface area contributed by atoms with Gasteiger partial charge < -0.3 is 14.6 Å². The van der Waals surface area contributed by atoms with E-state index in [4.69, 9.17) is 4.74 Å². The summed E-state index contributed by atoms with van der Waals surface area (Å²) in [4.78, 5) is 12.7. The predicted molar refractivity (Wildman–Crippen MR) is 103 cm³/mol. The van der Waals surface area contributed by atoms with E-state index in [-0.39, 0.29) is 18.0 Å². The minimum absolute atomic E-state index is 0.0123. The van der Waals surface area contributed by atoms with Gasteiger partial charge in [0.2, 0.25) is 5.88 Å². The van der Waals surface area contributed by atoms with E-state index in [0.29, 0.717) is 28.6 Å². The molecule has 4 rings (SSSR count). The lowest BCUT2D eigenvalue weighted by atomic mass is 10.2. The zero-order chi connectivity index (χ0) is 20.5. The Kier molecular flexibility index (Phi) is 4.83. The van der Waals surface area contributed by atoms with E-state index in [2.05, 4.69) is 30.5 Å². The maximum Gasteiger partial charge on any atom is 0.234 e. The van der Waals surface area contributed by atoms with Gasteiger partial charge in [0.1, 0.15) is 17.2 Å². The number of hydrogen-bond acceptors (Lipinski definition) is 6. The van der Waals surface area contributed by atoms with Crippen molar-refractivity contribution in [3.63, 3.8) is 0 Å². The second-order valence-electron chi connectivity index (χ2n) is 6.80. The molecule has 0 aliphatic heterocycles. The largest absolute Gasteiger partial charge is 0.474 e. The third-order valence-corrected chi connectivity index (χ3v) is 4.26. The first-order chi connectivity index (χ1) is 13.9. The molecular weight excluding hydrogens is 380 g/mol. The minimum Gasteiger partial charge on any atom is -0.474 e. The molecule has 4 heterocycles. The number of nitrogens with zero attached hydrogens (tertiary/aromatic N) is 5. The van der Waals surface area contributed by atoms with Gasteiger partial charge >= 0.3 is 0 Å². The number of nitrogens with one attached hydrogen (secondary N) is 2. The lowest BCUT2D eigenvalue weighted by Crippen LogP contribution is -2.09. The molecule has 0 aliphatic rings. The van der Waals surface area contributed by atoms with Gasteiger partial charge in [-0.3, -0.25) is 10.1 Å². The molecule has 1 atom stereocenters. The second-order valence-corrected chi connectivity index (χ2v) is 6.80. The molecule has 4 aromatic heterocycles. The molecule has 0 amide bonds. The van der Waals surface area contributed by atoms with Crippen LogP contribution in [0.25, 0.3) is 11.2 Å². The third kappa shape index (κ3) is 3.86. The van der Waals surface area contributed by atoms with Crippen LogP contribution in [0.1, 0.15) is 32.5 Å². The fourth-order valence-electron chi connectivity index (χ4n) is 2.88. The summed E-state index contributed by atoms with van der Waals surface area (Å²) in [5.74, 6) is -0.131. The Morgan fingerprint density at radius 3 is 2.69 bits per heavy atom. The van der Waals surface area contributed by atoms with E-state index >= 15 is 0 Å². The van der Waals surface area contributed by atoms with E-state index in [9.17, 15) is 8.78 Å². The maximum atomic E-state index is 14.5. The van der Waals surface area contributed by atoms with Crippen LogP contribution in [-0.2, 0) is 0 Å². The van der Waals surface area contributed by atoms with Crippen LogP contribution in [0.15, 0.2) is 36.8 Å². The molecule has 150 valence electrons. The number of rotatable bonds is 6. The van der Waals surface area contributed by atoms with Gasteiger partial charge in [0, 0.05) is 12.1 Å². The number of imidazole rings is 1. The Bertz CT molecular complexity index is 1140. The first-order valence-electron chi connectivity index (χ1n) is 9.04. The van der Waals surface area contributed by atoms with Crippen molar-refractivity contribution >= 4 is 22.8 Å². The summed E-state index contributed by atoms with van der Waals surface area (Å²) in [6.45, 7) is 5.65. The highest BCUT2D eigenvalue weighted by atomic mass is 19.1. The van der Waals surface area contributed by atoms with E-state index in [1.807, 2.05) is 20.8 Å². The lowest BCUT2D eigenvalue weighted by molar-refractivity contribution is 0.232. The molecule has 29 heavy (non-hydrogen) atoms. The summed E-state index contributed by atoms with van der Waals surface area (Å²) in [7, 11) is 0. The minimum atomic E-state index is -0.559. The van der Waals surface area contributed by atoms with Crippen molar-refractivity contribution in [1.82, 2.24) is 29.7 Å². The van der Waals surface area contributed by atoms with Crippen molar-refractivity contribution in [2.45, 2.75) is 32.9 Å². The summed E-state index contributed by atoms with van der Waals surface area (Å²) in [5.41, 5.74) is 1.50. The molecule has 0 radical (unpaired) electrons. The fourth-order valence-corrected chi connectivity index (χ4v) is 2.88. The van der Waals surface area contributed by atoms with Crippen LogP contribution >= 0.6 is 0 Å². The normalized spacial score (nSPS) is 12.5. The highest BCUT2D eigenvalue weighted by molar-refractivity contribution is 5.74. The quantitative estimate of drug-likeness (QED) is 0.510. The molecular formula is C19H19F2N7O. The Labute approximate surface area is 165 Å². The predicted octanol–water partition coefficient (Wildman–Crippen LogP) is 3.97. The highest BCUT2D eigenvalue weighted by Gasteiger charge is 2.17. The van der Waals surface area contributed by atoms with Gasteiger partial charge in [-0.25, -0.2) is 18.7 Å². The molecule has 10 heteroatoms. The molecule has 0 saturated heterocycles. The van der Waals surface area contributed by atoms with Gasteiger partial charge in [0.25, 0.3) is 0 Å². The number of pyridine rings is 2. The van der Waals surface area contributed by atoms with Crippen molar-refractivity contribution in [3.05, 3.63) is 54.1 Å². The highest BCUT2D eigenvalue weighted by Crippen LogP contribution is 2.26. The van der Waals surface area contributed by atoms with Crippen molar-refractivity contribution in [2.24, 2.45) is 0 Å². The summed E-state index contributed by atoms with van der Waals surface area (Å²) < 4.78 is 34.9. The number of aromatic amines is 1. The van der Waals surface area contributed by atoms with Gasteiger partial charge in [-0.15, -0.1) is 5.10 Å². The molecule has 4 aromatic rings. The zero-order valence-electron chi connectivity index (χ0n) is 16.0. The van der Waals surface area contributed by atoms with Crippen molar-refractivity contribution in [3.8, 4) is 5.88 Å². The van der Waals surface area contributed by atoms with Crippen LogP contribution in [0.5, 0.6) is 5.88 Å². The zero-order valence-corrected chi connectivity index (χ0v) is 16.0. The number of ether oxygens (including phenoxy) is 1. The topological polar surface area (TPSA) is 93.5 Å². The number of aromatic nitrogens is 6. The van der Waals surface area contributed by atoms with Crippen LogP contribution in [-0.4, -0.2) is 35.8 Å². The maximum absolute atomic E-state index is 14.5. The average molecular weight is 399 g/mol. The Morgan fingerprint density at radius 1 is 1.14 bits per heavy atom. The number of halogens is 2. The van der Waals surface area contributed by atoms with Gasteiger partial charge in [0.15, 0.2) is 17.3 Å². The van der Waals surface area contributed by atoms with Crippen LogP contribution in [0.2, 0.25) is 0 Å². The van der Waals surface area contributed by atoms with Gasteiger partial charge in [-0.05, 0) is 32.9 Å². The molecule has 0 aromatic carbocycles. The molecule has 0 unspecified atom stereocenters. The van der Waals surface area contributed by atoms with E-state index in [0.717, 1.165) is 6.20 Å². The summed E-state index contributed by atoms with van der Waals surface area (Å²) in [5, 5.41) is 9.62. The van der Waals surface area contributed by atoms with Crippen LogP contribution in [0.4, 0.5) is 20.4 Å². The number of H-pyrrole nitrogens is 1. The number of fused-ring (bicyclic) bond motifs is 1. The molecule has 2 N–H and O–H groups in total. The first-order valence-corrected chi connectivity index (χ1v) is 9.04. The summed E-state index contributed by atoms with van der Waals surface area (Å²) in [6, 6.07) is 5.58. The Balaban J connectivity index is 1.65. The molecule has 0 aliphatic carbocycles. The number of hydrogen-bond donors (Lipinski definition) is 2. The Morgan fingerprint density at radius 2 is 1.97 bits per heavy atom. The average Bonchev–Trinajstić information content (AvgIpc) is 3.28. The van der Waals surface area contributed by atoms with Crippen molar-refractivity contribution in [2.75, 3.05) is 5.32 Å². The Hall–Kier alpha value is -3.56. The standard InChI is InChI=1S/C19H19F2N7O/c1-10(2)29-17-7-16(26-27-17)24-18-13(21)6-15-19(25-18)28(9-23-15)11(3)14-5-4-12(20)8-22-14/h4-11H,1-3H3,(H2,24,25,26,27)/t11-/m0/s1. The van der Waals surface area contributed by atoms with E-state index in [1.165, 1.54) is 12.1 Å². The smallest absolute Gasteiger partial charge is 0.234 e. The monoisotopic (exact) mass is 399 g/mol. The van der Waals surface area contributed by atoms with Gasteiger partial charge in [0.05, 0.1) is 30.4 Å². The first kappa shape index (κ1) is 18.8. The molecule has 0 saturated carbocycles. The lowest BCUT2D eigenvalue weighted by Gasteiger charge is -2.14. The van der Waals surface area contributed by atoms with E-state index < -0.39 is 11.6 Å². The van der Waals surface area contributed by atoms with E-state index in [1.54, 1.807) is 23.0 Å². The van der Waals surface area contributed by atoms with Crippen LogP contribution in [0.3, 0.4) is 0 Å². The number of anilines is 2. The fraction of sp³-hybridized carbons (Fsp3) is 0.263. The van der Waals surface area contributed by atoms with Gasteiger partial charge in [-0.2, -0.15) is 0 Å². The molecule has 0 fully saturated rings. The van der Waals surface area contributed by atoms with Crippen molar-refractivity contribution < 1.29 is 13.5 Å². The summed E-state index contributed by atoms with van der Waals surface area (Å²) >= 11 is 0. The molecule has 0 spiro atoms.